The second-order valence-electron chi connectivity index (χ2n) is 6.39. The van der Waals surface area contributed by atoms with E-state index >= 15 is 0 Å². The summed E-state index contributed by atoms with van der Waals surface area (Å²) in [7, 11) is 0. The van der Waals surface area contributed by atoms with Gasteiger partial charge in [0, 0.05) is 15.7 Å². The zero-order valence-corrected chi connectivity index (χ0v) is 19.1. The third-order valence-corrected chi connectivity index (χ3v) is 4.72. The van der Waals surface area contributed by atoms with Crippen LogP contribution < -0.4 is 20.2 Å². The zero-order chi connectivity index (χ0) is 22.1. The summed E-state index contributed by atoms with van der Waals surface area (Å²) in [4.78, 5) is 0. The Morgan fingerprint density at radius 2 is 1.77 bits per heavy atom. The first-order chi connectivity index (χ1) is 15.0. The molecule has 0 unspecified atom stereocenters. The number of rotatable bonds is 8. The van der Waals surface area contributed by atoms with E-state index in [1.165, 1.54) is 0 Å². The fourth-order valence-corrected chi connectivity index (χ4v) is 3.11. The lowest BCUT2D eigenvalue weighted by molar-refractivity contribution is 0.269. The van der Waals surface area contributed by atoms with E-state index in [0.717, 1.165) is 16.8 Å². The van der Waals surface area contributed by atoms with Crippen LogP contribution >= 0.6 is 35.4 Å². The number of halogens is 2. The molecule has 0 amide bonds. The van der Waals surface area contributed by atoms with Crippen molar-refractivity contribution in [3.8, 4) is 11.5 Å². The van der Waals surface area contributed by atoms with Gasteiger partial charge in [0.05, 0.1) is 12.8 Å². The Bertz CT molecular complexity index is 1060. The zero-order valence-electron chi connectivity index (χ0n) is 16.8. The standard InChI is InChI=1S/C23H21Cl2N3O2S/c1-2-29-22-12-17(8-11-21(22)30-15-16-6-9-18(24)10-7-16)14-26-28-23(31)27-20-5-3-4-19(25)13-20/h3-14H,2,15H2,1H3,(H2,27,28,31). The van der Waals surface area contributed by atoms with Crippen molar-refractivity contribution in [2.75, 3.05) is 11.9 Å². The van der Waals surface area contributed by atoms with Crippen molar-refractivity contribution in [3.05, 3.63) is 87.9 Å². The number of nitrogens with zero attached hydrogens (tertiary/aromatic N) is 1. The van der Waals surface area contributed by atoms with E-state index in [2.05, 4.69) is 15.8 Å². The van der Waals surface area contributed by atoms with Gasteiger partial charge in [0.1, 0.15) is 6.61 Å². The van der Waals surface area contributed by atoms with Gasteiger partial charge in [0.25, 0.3) is 0 Å². The van der Waals surface area contributed by atoms with E-state index in [9.17, 15) is 0 Å². The molecule has 0 atom stereocenters. The Morgan fingerprint density at radius 1 is 0.968 bits per heavy atom. The molecular formula is C23H21Cl2N3O2S. The van der Waals surface area contributed by atoms with Crippen molar-refractivity contribution in [3.63, 3.8) is 0 Å². The predicted molar refractivity (Wildman–Crippen MR) is 132 cm³/mol. The van der Waals surface area contributed by atoms with E-state index in [0.29, 0.717) is 39.9 Å². The molecule has 0 bridgehead atoms. The quantitative estimate of drug-likeness (QED) is 0.228. The topological polar surface area (TPSA) is 54.9 Å². The first-order valence-corrected chi connectivity index (χ1v) is 10.7. The number of nitrogens with one attached hydrogen (secondary N) is 2. The molecule has 5 nitrogen and oxygen atoms in total. The van der Waals surface area contributed by atoms with Gasteiger partial charge in [-0.2, -0.15) is 5.10 Å². The number of thiocarbonyl (C=S) groups is 1. The van der Waals surface area contributed by atoms with Crippen LogP contribution in [0.25, 0.3) is 0 Å². The molecule has 0 spiro atoms. The average Bonchev–Trinajstić information content (AvgIpc) is 2.74. The Balaban J connectivity index is 1.60. The molecule has 0 aliphatic rings. The Hall–Kier alpha value is -2.80. The van der Waals surface area contributed by atoms with E-state index in [-0.39, 0.29) is 0 Å². The molecule has 3 rings (SSSR count). The lowest BCUT2D eigenvalue weighted by atomic mass is 10.2. The monoisotopic (exact) mass is 473 g/mol. The van der Waals surface area contributed by atoms with Gasteiger partial charge in [0.2, 0.25) is 0 Å². The summed E-state index contributed by atoms with van der Waals surface area (Å²) in [6, 6.07) is 20.4. The number of hydrogen-bond donors (Lipinski definition) is 2. The maximum absolute atomic E-state index is 5.97. The van der Waals surface area contributed by atoms with Crippen LogP contribution in [0.1, 0.15) is 18.1 Å². The molecule has 3 aromatic carbocycles. The fraction of sp³-hybridized carbons (Fsp3) is 0.130. The van der Waals surface area contributed by atoms with Crippen molar-refractivity contribution < 1.29 is 9.47 Å². The lowest BCUT2D eigenvalue weighted by Gasteiger charge is -2.13. The third kappa shape index (κ3) is 7.43. The highest BCUT2D eigenvalue weighted by molar-refractivity contribution is 7.80. The van der Waals surface area contributed by atoms with Crippen molar-refractivity contribution in [2.45, 2.75) is 13.5 Å². The molecule has 0 fully saturated rings. The maximum atomic E-state index is 5.97. The summed E-state index contributed by atoms with van der Waals surface area (Å²) in [5.41, 5.74) is 5.41. The van der Waals surface area contributed by atoms with Crippen LogP contribution in [0.5, 0.6) is 11.5 Å². The molecule has 3 aromatic rings. The highest BCUT2D eigenvalue weighted by Crippen LogP contribution is 2.29. The Labute approximate surface area is 197 Å². The highest BCUT2D eigenvalue weighted by atomic mass is 35.5. The minimum absolute atomic E-state index is 0.353. The summed E-state index contributed by atoms with van der Waals surface area (Å²) in [5, 5.41) is 8.86. The van der Waals surface area contributed by atoms with Gasteiger partial charge in [-0.1, -0.05) is 41.4 Å². The van der Waals surface area contributed by atoms with Gasteiger partial charge >= 0.3 is 0 Å². The molecule has 31 heavy (non-hydrogen) atoms. The number of anilines is 1. The predicted octanol–water partition coefficient (Wildman–Crippen LogP) is 6.29. The molecule has 0 radical (unpaired) electrons. The molecular weight excluding hydrogens is 453 g/mol. The molecule has 0 heterocycles. The molecule has 0 aliphatic carbocycles. The lowest BCUT2D eigenvalue weighted by Crippen LogP contribution is -2.23. The van der Waals surface area contributed by atoms with Crippen molar-refractivity contribution in [2.24, 2.45) is 5.10 Å². The second kappa shape index (κ2) is 11.6. The van der Waals surface area contributed by atoms with Crippen LogP contribution in [0.4, 0.5) is 5.69 Å². The Morgan fingerprint density at radius 3 is 2.52 bits per heavy atom. The van der Waals surface area contributed by atoms with Crippen LogP contribution in [0.2, 0.25) is 10.0 Å². The second-order valence-corrected chi connectivity index (χ2v) is 7.67. The molecule has 0 saturated carbocycles. The van der Waals surface area contributed by atoms with Gasteiger partial charge in [-0.15, -0.1) is 0 Å². The molecule has 0 aliphatic heterocycles. The van der Waals surface area contributed by atoms with Gasteiger partial charge in [-0.3, -0.25) is 5.43 Å². The number of ether oxygens (including phenoxy) is 2. The first kappa shape index (κ1) is 22.9. The molecule has 160 valence electrons. The van der Waals surface area contributed by atoms with Crippen LogP contribution in [0.15, 0.2) is 71.8 Å². The third-order valence-electron chi connectivity index (χ3n) is 4.04. The minimum Gasteiger partial charge on any atom is -0.490 e. The van der Waals surface area contributed by atoms with Crippen LogP contribution in [-0.4, -0.2) is 17.9 Å². The van der Waals surface area contributed by atoms with Crippen molar-refractivity contribution in [1.82, 2.24) is 5.43 Å². The smallest absolute Gasteiger partial charge is 0.191 e. The summed E-state index contributed by atoms with van der Waals surface area (Å²) >= 11 is 17.1. The summed E-state index contributed by atoms with van der Waals surface area (Å²) < 4.78 is 11.6. The summed E-state index contributed by atoms with van der Waals surface area (Å²) in [6.07, 6.45) is 1.65. The average molecular weight is 474 g/mol. The van der Waals surface area contributed by atoms with Gasteiger partial charge in [-0.25, -0.2) is 0 Å². The van der Waals surface area contributed by atoms with E-state index in [1.54, 1.807) is 18.3 Å². The Kier molecular flexibility index (Phi) is 8.53. The largest absolute Gasteiger partial charge is 0.490 e. The van der Waals surface area contributed by atoms with E-state index in [1.807, 2.05) is 61.5 Å². The summed E-state index contributed by atoms with van der Waals surface area (Å²) in [5.74, 6) is 1.29. The summed E-state index contributed by atoms with van der Waals surface area (Å²) in [6.45, 7) is 2.85. The molecule has 2 N–H and O–H groups in total. The van der Waals surface area contributed by atoms with E-state index < -0.39 is 0 Å². The van der Waals surface area contributed by atoms with Crippen molar-refractivity contribution >= 4 is 52.4 Å². The fourth-order valence-electron chi connectivity index (χ4n) is 2.62. The van der Waals surface area contributed by atoms with Crippen LogP contribution in [0, 0.1) is 0 Å². The van der Waals surface area contributed by atoms with E-state index in [4.69, 9.17) is 44.9 Å². The number of hydrogen-bond acceptors (Lipinski definition) is 4. The molecule has 0 aromatic heterocycles. The van der Waals surface area contributed by atoms with Gasteiger partial charge in [-0.05, 0) is 78.8 Å². The minimum atomic E-state index is 0.353. The SMILES string of the molecule is CCOc1cc(C=NNC(=S)Nc2cccc(Cl)c2)ccc1OCc1ccc(Cl)cc1. The van der Waals surface area contributed by atoms with Crippen LogP contribution in [0.3, 0.4) is 0 Å². The number of hydrazone groups is 1. The normalized spacial score (nSPS) is 10.7. The highest BCUT2D eigenvalue weighted by Gasteiger charge is 2.07. The van der Waals surface area contributed by atoms with Gasteiger partial charge < -0.3 is 14.8 Å². The molecule has 8 heteroatoms. The maximum Gasteiger partial charge on any atom is 0.191 e. The number of benzene rings is 3. The van der Waals surface area contributed by atoms with Crippen LogP contribution in [-0.2, 0) is 6.61 Å². The van der Waals surface area contributed by atoms with Gasteiger partial charge in [0.15, 0.2) is 16.6 Å². The van der Waals surface area contributed by atoms with Crippen molar-refractivity contribution in [1.29, 1.82) is 0 Å². The first-order valence-electron chi connectivity index (χ1n) is 9.53. The molecule has 0 saturated heterocycles.